The summed E-state index contributed by atoms with van der Waals surface area (Å²) in [5.41, 5.74) is 23.8. The van der Waals surface area contributed by atoms with Gasteiger partial charge in [-0.15, -0.1) is 0 Å². The molecule has 12 rings (SSSR count). The Morgan fingerprint density at radius 3 is 1.63 bits per heavy atom. The van der Waals surface area contributed by atoms with Crippen LogP contribution in [-0.2, 0) is 11.8 Å². The maximum absolute atomic E-state index is 2.52. The van der Waals surface area contributed by atoms with Crippen molar-refractivity contribution in [3.8, 4) is 55.6 Å². The summed E-state index contributed by atoms with van der Waals surface area (Å²) in [6.45, 7) is 0. The second-order valence-corrected chi connectivity index (χ2v) is 15.5. The third-order valence-electron chi connectivity index (χ3n) is 12.7. The van der Waals surface area contributed by atoms with Crippen molar-refractivity contribution in [1.82, 2.24) is 0 Å². The van der Waals surface area contributed by atoms with Crippen molar-refractivity contribution in [2.45, 2.75) is 11.8 Å². The summed E-state index contributed by atoms with van der Waals surface area (Å²) in [5, 5.41) is 0. The van der Waals surface area contributed by atoms with Gasteiger partial charge in [0.05, 0.1) is 11.1 Å². The van der Waals surface area contributed by atoms with Gasteiger partial charge < -0.3 is 4.90 Å². The number of para-hydroxylation sites is 2. The Morgan fingerprint density at radius 1 is 0.316 bits per heavy atom. The molecule has 0 aromatic heterocycles. The molecule has 0 amide bonds. The van der Waals surface area contributed by atoms with E-state index in [-0.39, 0.29) is 0 Å². The molecule has 0 saturated heterocycles. The molecule has 3 aliphatic rings. The van der Waals surface area contributed by atoms with Gasteiger partial charge in [0.2, 0.25) is 0 Å². The summed E-state index contributed by atoms with van der Waals surface area (Å²) in [6.07, 6.45) is 0.962. The van der Waals surface area contributed by atoms with Crippen LogP contribution in [0.1, 0.15) is 33.4 Å². The molecule has 1 heteroatoms. The van der Waals surface area contributed by atoms with E-state index in [1.54, 1.807) is 0 Å². The van der Waals surface area contributed by atoms with Crippen molar-refractivity contribution >= 4 is 17.1 Å². The highest BCUT2D eigenvalue weighted by Gasteiger charge is 2.51. The van der Waals surface area contributed by atoms with Gasteiger partial charge in [0, 0.05) is 16.9 Å². The predicted molar refractivity (Wildman–Crippen MR) is 237 cm³/mol. The molecule has 1 spiro atoms. The fourth-order valence-electron chi connectivity index (χ4n) is 10.5. The lowest BCUT2D eigenvalue weighted by Crippen LogP contribution is -2.29. The number of anilines is 3. The lowest BCUT2D eigenvalue weighted by molar-refractivity contribution is 0.775. The highest BCUT2D eigenvalue weighted by Crippen LogP contribution is 2.64. The maximum atomic E-state index is 2.52. The normalized spacial score (nSPS) is 15.0. The van der Waals surface area contributed by atoms with Crippen LogP contribution < -0.4 is 4.90 Å². The van der Waals surface area contributed by atoms with E-state index in [0.717, 1.165) is 23.5 Å². The molecule has 0 bridgehead atoms. The molecule has 266 valence electrons. The van der Waals surface area contributed by atoms with Gasteiger partial charge in [0.15, 0.2) is 0 Å². The fraction of sp³-hybridized carbons (Fsp3) is 0.0357. The molecule has 1 atom stereocenters. The van der Waals surface area contributed by atoms with E-state index in [1.807, 2.05) is 0 Å². The van der Waals surface area contributed by atoms with Gasteiger partial charge in [-0.05, 0) is 120 Å². The van der Waals surface area contributed by atoms with E-state index in [0.29, 0.717) is 0 Å². The zero-order valence-corrected chi connectivity index (χ0v) is 31.4. The number of hydrogen-bond acceptors (Lipinski definition) is 1. The molecule has 1 unspecified atom stereocenters. The second kappa shape index (κ2) is 12.4. The molecular formula is C56H37N. The minimum absolute atomic E-state index is 0.596. The molecule has 0 N–H and O–H groups in total. The van der Waals surface area contributed by atoms with Gasteiger partial charge in [0.25, 0.3) is 0 Å². The van der Waals surface area contributed by atoms with Crippen LogP contribution in [0.25, 0.3) is 55.6 Å². The summed E-state index contributed by atoms with van der Waals surface area (Å²) in [4.78, 5) is 2.46. The minimum Gasteiger partial charge on any atom is -0.310 e. The van der Waals surface area contributed by atoms with E-state index in [9.17, 15) is 0 Å². The largest absolute Gasteiger partial charge is 0.310 e. The van der Waals surface area contributed by atoms with E-state index in [1.165, 1.54) is 89.0 Å². The van der Waals surface area contributed by atoms with Crippen LogP contribution in [0.15, 0.2) is 212 Å². The first-order valence-corrected chi connectivity index (χ1v) is 20.0. The van der Waals surface area contributed by atoms with E-state index in [2.05, 4.69) is 217 Å². The SMILES string of the molecule is c1ccc(-c2ccccc2N(c2ccccc2)c2ccc3c(c2)C2(c4ccccc4-c4ccccc4-3)c3ccccc3-c3c2ccc2c3-c3ccccc3C2)cc1. The Labute approximate surface area is 333 Å². The average molecular weight is 724 g/mol. The summed E-state index contributed by atoms with van der Waals surface area (Å²) < 4.78 is 0. The second-order valence-electron chi connectivity index (χ2n) is 15.5. The first kappa shape index (κ1) is 32.1. The van der Waals surface area contributed by atoms with Crippen LogP contribution >= 0.6 is 0 Å². The highest BCUT2D eigenvalue weighted by atomic mass is 15.1. The summed E-state index contributed by atoms with van der Waals surface area (Å²) in [6, 6.07) is 79.2. The maximum Gasteiger partial charge on any atom is 0.0726 e. The van der Waals surface area contributed by atoms with E-state index < -0.39 is 5.41 Å². The van der Waals surface area contributed by atoms with Crippen molar-refractivity contribution in [3.05, 3.63) is 246 Å². The van der Waals surface area contributed by atoms with Gasteiger partial charge in [-0.25, -0.2) is 0 Å². The van der Waals surface area contributed by atoms with E-state index in [4.69, 9.17) is 0 Å². The number of nitrogens with zero attached hydrogens (tertiary/aromatic N) is 1. The Morgan fingerprint density at radius 2 is 0.877 bits per heavy atom. The lowest BCUT2D eigenvalue weighted by atomic mass is 9.65. The monoisotopic (exact) mass is 723 g/mol. The predicted octanol–water partition coefficient (Wildman–Crippen LogP) is 14.4. The van der Waals surface area contributed by atoms with Crippen LogP contribution in [0.3, 0.4) is 0 Å². The van der Waals surface area contributed by atoms with Gasteiger partial charge in [-0.1, -0.05) is 182 Å². The fourth-order valence-corrected chi connectivity index (χ4v) is 10.5. The van der Waals surface area contributed by atoms with Crippen molar-refractivity contribution in [1.29, 1.82) is 0 Å². The zero-order valence-electron chi connectivity index (χ0n) is 31.4. The van der Waals surface area contributed by atoms with Crippen molar-refractivity contribution < 1.29 is 0 Å². The van der Waals surface area contributed by atoms with Gasteiger partial charge in [-0.3, -0.25) is 0 Å². The molecule has 0 fully saturated rings. The van der Waals surface area contributed by atoms with Crippen LogP contribution in [0.5, 0.6) is 0 Å². The standard InChI is InChI=1S/C56H37N/c1-3-17-37(18-4-1)42-22-13-16-30-53(42)57(40-20-5-2-6-21-40)41-32-33-47-45-25-10-9-24-44(45)46-26-11-14-28-49(46)56(52(47)36-41)50-29-15-12-27-48(50)55-51(56)34-31-39-35-38-19-7-8-23-43(38)54(39)55/h1-34,36H,35H2. The molecule has 0 saturated carbocycles. The average Bonchev–Trinajstić information content (AvgIpc) is 3.78. The minimum atomic E-state index is -0.596. The van der Waals surface area contributed by atoms with Crippen LogP contribution in [-0.4, -0.2) is 0 Å². The first-order chi connectivity index (χ1) is 28.3. The lowest BCUT2D eigenvalue weighted by Gasteiger charge is -2.37. The number of fused-ring (bicyclic) bond motifs is 16. The topological polar surface area (TPSA) is 3.24 Å². The third kappa shape index (κ3) is 4.51. The molecule has 57 heavy (non-hydrogen) atoms. The third-order valence-corrected chi connectivity index (χ3v) is 12.7. The molecule has 0 heterocycles. The van der Waals surface area contributed by atoms with Crippen LogP contribution in [0.2, 0.25) is 0 Å². The van der Waals surface area contributed by atoms with Crippen LogP contribution in [0.4, 0.5) is 17.1 Å². The number of rotatable bonds is 4. The smallest absolute Gasteiger partial charge is 0.0726 e. The van der Waals surface area contributed by atoms with Gasteiger partial charge in [0.1, 0.15) is 0 Å². The molecule has 9 aromatic rings. The molecule has 1 nitrogen and oxygen atoms in total. The summed E-state index contributed by atoms with van der Waals surface area (Å²) >= 11 is 0. The Bertz CT molecular complexity index is 3050. The summed E-state index contributed by atoms with van der Waals surface area (Å²) in [7, 11) is 0. The number of hydrogen-bond donors (Lipinski definition) is 0. The molecule has 3 aliphatic carbocycles. The highest BCUT2D eigenvalue weighted by molar-refractivity contribution is 6.03. The van der Waals surface area contributed by atoms with Gasteiger partial charge >= 0.3 is 0 Å². The van der Waals surface area contributed by atoms with Gasteiger partial charge in [-0.2, -0.15) is 0 Å². The molecule has 0 aliphatic heterocycles. The van der Waals surface area contributed by atoms with E-state index >= 15 is 0 Å². The Balaban J connectivity index is 1.22. The zero-order chi connectivity index (χ0) is 37.5. The number of benzene rings is 9. The molecule has 9 aromatic carbocycles. The molecular weight excluding hydrogens is 687 g/mol. The Hall–Kier alpha value is -7.22. The first-order valence-electron chi connectivity index (χ1n) is 20.0. The molecule has 0 radical (unpaired) electrons. The van der Waals surface area contributed by atoms with Crippen molar-refractivity contribution in [3.63, 3.8) is 0 Å². The van der Waals surface area contributed by atoms with Crippen molar-refractivity contribution in [2.24, 2.45) is 0 Å². The summed E-state index contributed by atoms with van der Waals surface area (Å²) in [5.74, 6) is 0. The Kier molecular flexibility index (Phi) is 6.97. The quantitative estimate of drug-likeness (QED) is 0.175. The van der Waals surface area contributed by atoms with Crippen molar-refractivity contribution in [2.75, 3.05) is 4.90 Å². The van der Waals surface area contributed by atoms with Crippen LogP contribution in [0, 0.1) is 0 Å².